The average molecular weight is 204 g/mol. The van der Waals surface area contributed by atoms with Crippen molar-refractivity contribution < 1.29 is 4.79 Å². The van der Waals surface area contributed by atoms with Gasteiger partial charge in [-0.1, -0.05) is 50.3 Å². The molecule has 1 heteroatoms. The van der Waals surface area contributed by atoms with Crippen molar-refractivity contribution in [2.75, 3.05) is 0 Å². The zero-order chi connectivity index (χ0) is 11.3. The molecule has 0 aliphatic heterocycles. The molecule has 0 aromatic rings. The zero-order valence-electron chi connectivity index (χ0n) is 9.70. The molecule has 0 heterocycles. The summed E-state index contributed by atoms with van der Waals surface area (Å²) in [5, 5.41) is 0. The third kappa shape index (κ3) is 4.28. The van der Waals surface area contributed by atoms with Crippen LogP contribution in [0.15, 0.2) is 36.5 Å². The lowest BCUT2D eigenvalue weighted by atomic mass is 9.88. The fourth-order valence-corrected chi connectivity index (χ4v) is 1.65. The fraction of sp³-hybridized carbons (Fsp3) is 0.500. The monoisotopic (exact) mass is 204 g/mol. The number of Topliss-reactive ketones (excluding diaryl/α,β-unsaturated/α-hetero) is 1. The summed E-state index contributed by atoms with van der Waals surface area (Å²) in [6.07, 6.45) is 10.3. The first-order chi connectivity index (χ1) is 7.09. The van der Waals surface area contributed by atoms with Crippen LogP contribution in [-0.4, -0.2) is 5.78 Å². The van der Waals surface area contributed by atoms with Gasteiger partial charge in [0.25, 0.3) is 0 Å². The predicted octanol–water partition coefficient (Wildman–Crippen LogP) is 3.68. The first-order valence-corrected chi connectivity index (χ1v) is 5.62. The van der Waals surface area contributed by atoms with Crippen LogP contribution in [0.2, 0.25) is 0 Å². The Labute approximate surface area is 92.6 Å². The standard InChI is InChI=1S/C14H20O/c1-11(2)13-9-8-12(3)6-4-5-7-14(15)10-13/h4-5,8-9,11,13H,3,6-7,10H2,1-2H3/b5-4-,9-8-. The molecule has 82 valence electrons. The highest BCUT2D eigenvalue weighted by Gasteiger charge is 2.14. The second-order valence-corrected chi connectivity index (χ2v) is 4.55. The molecule has 1 aliphatic carbocycles. The molecular weight excluding hydrogens is 184 g/mol. The zero-order valence-corrected chi connectivity index (χ0v) is 9.70. The first-order valence-electron chi connectivity index (χ1n) is 5.62. The smallest absolute Gasteiger partial charge is 0.137 e. The molecule has 1 unspecified atom stereocenters. The minimum Gasteiger partial charge on any atom is -0.299 e. The lowest BCUT2D eigenvalue weighted by molar-refractivity contribution is -0.119. The van der Waals surface area contributed by atoms with E-state index in [2.05, 4.69) is 32.6 Å². The van der Waals surface area contributed by atoms with E-state index in [4.69, 9.17) is 0 Å². The highest BCUT2D eigenvalue weighted by atomic mass is 16.1. The summed E-state index contributed by atoms with van der Waals surface area (Å²) >= 11 is 0. The van der Waals surface area contributed by atoms with Gasteiger partial charge in [0.2, 0.25) is 0 Å². The quantitative estimate of drug-likeness (QED) is 0.595. The van der Waals surface area contributed by atoms with Crippen molar-refractivity contribution in [3.8, 4) is 0 Å². The molecule has 1 nitrogen and oxygen atoms in total. The van der Waals surface area contributed by atoms with Crippen molar-refractivity contribution in [1.29, 1.82) is 0 Å². The lowest BCUT2D eigenvalue weighted by Gasteiger charge is -2.16. The molecule has 0 bridgehead atoms. The van der Waals surface area contributed by atoms with Crippen LogP contribution >= 0.6 is 0 Å². The van der Waals surface area contributed by atoms with E-state index >= 15 is 0 Å². The first kappa shape index (κ1) is 12.0. The van der Waals surface area contributed by atoms with E-state index in [9.17, 15) is 4.79 Å². The van der Waals surface area contributed by atoms with Crippen LogP contribution in [0, 0.1) is 11.8 Å². The van der Waals surface area contributed by atoms with Crippen LogP contribution in [0.3, 0.4) is 0 Å². The number of hydrogen-bond acceptors (Lipinski definition) is 1. The van der Waals surface area contributed by atoms with E-state index in [1.165, 1.54) is 0 Å². The number of rotatable bonds is 1. The highest BCUT2D eigenvalue weighted by molar-refractivity contribution is 5.80. The molecule has 0 aromatic heterocycles. The van der Waals surface area contributed by atoms with Gasteiger partial charge < -0.3 is 0 Å². The minimum atomic E-state index is 0.335. The van der Waals surface area contributed by atoms with E-state index < -0.39 is 0 Å². The molecule has 0 saturated carbocycles. The van der Waals surface area contributed by atoms with Gasteiger partial charge in [0.05, 0.1) is 0 Å². The fourth-order valence-electron chi connectivity index (χ4n) is 1.65. The van der Waals surface area contributed by atoms with Crippen LogP contribution in [0.5, 0.6) is 0 Å². The van der Waals surface area contributed by atoms with Gasteiger partial charge in [-0.2, -0.15) is 0 Å². The van der Waals surface area contributed by atoms with Crippen LogP contribution in [0.1, 0.15) is 33.1 Å². The molecule has 0 amide bonds. The largest absolute Gasteiger partial charge is 0.299 e. The van der Waals surface area contributed by atoms with Gasteiger partial charge in [-0.05, 0) is 18.3 Å². The van der Waals surface area contributed by atoms with Crippen molar-refractivity contribution in [2.24, 2.45) is 11.8 Å². The Bertz CT molecular complexity index is 294. The third-order valence-electron chi connectivity index (χ3n) is 2.79. The molecule has 1 rings (SSSR count). The number of carbonyl (C=O) groups is 1. The third-order valence-corrected chi connectivity index (χ3v) is 2.79. The Morgan fingerprint density at radius 1 is 1.33 bits per heavy atom. The number of carbonyl (C=O) groups excluding carboxylic acids is 1. The van der Waals surface area contributed by atoms with E-state index in [1.807, 2.05) is 12.2 Å². The SMILES string of the molecule is C=C1/C=C\C(C(C)C)CC(=O)C/C=C\C1. The molecule has 0 fully saturated rings. The van der Waals surface area contributed by atoms with Crippen molar-refractivity contribution in [2.45, 2.75) is 33.1 Å². The Hall–Kier alpha value is -1.11. The molecule has 1 atom stereocenters. The Kier molecular flexibility index (Phi) is 4.54. The maximum atomic E-state index is 11.6. The average Bonchev–Trinajstić information content (AvgIpc) is 2.18. The van der Waals surface area contributed by atoms with E-state index in [1.54, 1.807) is 0 Å². The summed E-state index contributed by atoms with van der Waals surface area (Å²) in [7, 11) is 0. The summed E-state index contributed by atoms with van der Waals surface area (Å²) in [5.74, 6) is 1.21. The lowest BCUT2D eigenvalue weighted by Crippen LogP contribution is -2.12. The number of ketones is 1. The van der Waals surface area contributed by atoms with Gasteiger partial charge in [-0.15, -0.1) is 0 Å². The molecule has 0 radical (unpaired) electrons. The van der Waals surface area contributed by atoms with Gasteiger partial charge >= 0.3 is 0 Å². The van der Waals surface area contributed by atoms with E-state index in [-0.39, 0.29) is 0 Å². The molecule has 0 saturated heterocycles. The summed E-state index contributed by atoms with van der Waals surface area (Å²) in [5.41, 5.74) is 1.12. The van der Waals surface area contributed by atoms with Crippen LogP contribution in [0.25, 0.3) is 0 Å². The second-order valence-electron chi connectivity index (χ2n) is 4.55. The molecule has 15 heavy (non-hydrogen) atoms. The van der Waals surface area contributed by atoms with E-state index in [0.717, 1.165) is 12.0 Å². The van der Waals surface area contributed by atoms with Crippen molar-refractivity contribution >= 4 is 5.78 Å². The van der Waals surface area contributed by atoms with E-state index in [0.29, 0.717) is 30.5 Å². The number of allylic oxidation sites excluding steroid dienone is 5. The van der Waals surface area contributed by atoms with Crippen LogP contribution < -0.4 is 0 Å². The van der Waals surface area contributed by atoms with Gasteiger partial charge in [0.15, 0.2) is 0 Å². The second kappa shape index (κ2) is 5.69. The molecule has 0 N–H and O–H groups in total. The van der Waals surface area contributed by atoms with Crippen molar-refractivity contribution in [1.82, 2.24) is 0 Å². The molecule has 0 spiro atoms. The van der Waals surface area contributed by atoms with Crippen molar-refractivity contribution in [3.05, 3.63) is 36.5 Å². The van der Waals surface area contributed by atoms with Crippen LogP contribution in [-0.2, 0) is 4.79 Å². The van der Waals surface area contributed by atoms with Gasteiger partial charge in [-0.3, -0.25) is 4.79 Å². The maximum absolute atomic E-state index is 11.6. The van der Waals surface area contributed by atoms with Gasteiger partial charge in [0, 0.05) is 12.8 Å². The normalized spacial score (nSPS) is 27.8. The number of hydrogen-bond donors (Lipinski definition) is 0. The Morgan fingerprint density at radius 3 is 2.67 bits per heavy atom. The van der Waals surface area contributed by atoms with Gasteiger partial charge in [-0.25, -0.2) is 0 Å². The van der Waals surface area contributed by atoms with Crippen LogP contribution in [0.4, 0.5) is 0 Å². The van der Waals surface area contributed by atoms with Gasteiger partial charge in [0.1, 0.15) is 5.78 Å². The molecular formula is C14H20O. The minimum absolute atomic E-state index is 0.335. The molecule has 1 aliphatic rings. The summed E-state index contributed by atoms with van der Waals surface area (Å²) in [6.45, 7) is 8.30. The Morgan fingerprint density at radius 2 is 2.00 bits per heavy atom. The Balaban J connectivity index is 2.76. The van der Waals surface area contributed by atoms with Crippen molar-refractivity contribution in [3.63, 3.8) is 0 Å². The molecule has 0 aromatic carbocycles. The highest BCUT2D eigenvalue weighted by Crippen LogP contribution is 2.20. The maximum Gasteiger partial charge on any atom is 0.137 e. The summed E-state index contributed by atoms with van der Waals surface area (Å²) < 4.78 is 0. The summed E-state index contributed by atoms with van der Waals surface area (Å²) in [6, 6.07) is 0. The topological polar surface area (TPSA) is 17.1 Å². The summed E-state index contributed by atoms with van der Waals surface area (Å²) in [4.78, 5) is 11.6. The predicted molar refractivity (Wildman–Crippen MR) is 64.6 cm³/mol.